The van der Waals surface area contributed by atoms with Crippen molar-refractivity contribution in [2.24, 2.45) is 11.8 Å². The van der Waals surface area contributed by atoms with Crippen LogP contribution in [-0.2, 0) is 23.9 Å². The second-order valence-electron chi connectivity index (χ2n) is 10.8. The van der Waals surface area contributed by atoms with Gasteiger partial charge in [0.15, 0.2) is 0 Å². The summed E-state index contributed by atoms with van der Waals surface area (Å²) in [6.07, 6.45) is 18.5. The predicted molar refractivity (Wildman–Crippen MR) is 141 cm³/mol. The normalized spacial score (nSPS) is 19.1. The number of hydrogen-bond acceptors (Lipinski definition) is 5. The van der Waals surface area contributed by atoms with Gasteiger partial charge >= 0.3 is 11.9 Å². The minimum Gasteiger partial charge on any atom is -0.461 e. The molecule has 1 aliphatic heterocycles. The zero-order valence-electron chi connectivity index (χ0n) is 23.0. The van der Waals surface area contributed by atoms with Crippen molar-refractivity contribution in [1.29, 1.82) is 0 Å². The number of unbranched alkanes of at least 4 members (excludes halogenated alkanes) is 11. The molecule has 6 nitrogen and oxygen atoms in total. The van der Waals surface area contributed by atoms with Crippen LogP contribution in [0, 0.1) is 11.8 Å². The van der Waals surface area contributed by atoms with Crippen LogP contribution in [0.3, 0.4) is 0 Å². The highest BCUT2D eigenvalue weighted by Crippen LogP contribution is 2.32. The van der Waals surface area contributed by atoms with E-state index in [1.807, 2.05) is 13.8 Å². The van der Waals surface area contributed by atoms with Crippen LogP contribution in [0.25, 0.3) is 0 Å². The highest BCUT2D eigenvalue weighted by molar-refractivity contribution is 5.79. The molecule has 0 saturated carbocycles. The summed E-state index contributed by atoms with van der Waals surface area (Å²) < 4.78 is 11.4. The van der Waals surface area contributed by atoms with Crippen molar-refractivity contribution in [3.8, 4) is 0 Å². The minimum absolute atomic E-state index is 0.0734. The minimum atomic E-state index is -0.632. The maximum atomic E-state index is 12.9. The van der Waals surface area contributed by atoms with Crippen molar-refractivity contribution in [2.75, 3.05) is 0 Å². The average molecular weight is 496 g/mol. The maximum absolute atomic E-state index is 12.9. The van der Waals surface area contributed by atoms with Gasteiger partial charge in [-0.2, -0.15) is 0 Å². The summed E-state index contributed by atoms with van der Waals surface area (Å²) in [4.78, 5) is 36.0. The van der Waals surface area contributed by atoms with Crippen molar-refractivity contribution >= 4 is 18.3 Å². The van der Waals surface area contributed by atoms with Crippen LogP contribution < -0.4 is 5.32 Å². The number of carbonyl (C=O) groups is 3. The standard InChI is InChI=1S/C29H53NO5/c1-5-7-9-11-12-13-14-15-16-18-24(34-29(33)26(30-22-31)20-23(3)4)21-27-25(28(32)35-27)19-17-10-8-6-2/h22-27H,5-21H2,1-4H3,(H,30,31)/t24-,25+,26-,27?/m1/s1. The number of amides is 1. The molecule has 6 heteroatoms. The van der Waals surface area contributed by atoms with Crippen molar-refractivity contribution in [3.05, 3.63) is 0 Å². The highest BCUT2D eigenvalue weighted by atomic mass is 16.6. The third-order valence-corrected chi connectivity index (χ3v) is 7.06. The summed E-state index contributed by atoms with van der Waals surface area (Å²) >= 11 is 0. The van der Waals surface area contributed by atoms with Crippen LogP contribution in [0.15, 0.2) is 0 Å². The first-order valence-electron chi connectivity index (χ1n) is 14.5. The summed E-state index contributed by atoms with van der Waals surface area (Å²) in [5.74, 6) is -0.302. The van der Waals surface area contributed by atoms with E-state index in [0.29, 0.717) is 19.3 Å². The number of ether oxygens (including phenoxy) is 2. The summed E-state index contributed by atoms with van der Waals surface area (Å²) in [5.41, 5.74) is 0. The number of hydrogen-bond donors (Lipinski definition) is 1. The molecule has 0 aliphatic carbocycles. The molecule has 0 aromatic rings. The van der Waals surface area contributed by atoms with Gasteiger partial charge < -0.3 is 14.8 Å². The summed E-state index contributed by atoms with van der Waals surface area (Å²) in [5, 5.41) is 2.62. The van der Waals surface area contributed by atoms with E-state index in [0.717, 1.165) is 38.5 Å². The number of rotatable bonds is 23. The Morgan fingerprint density at radius 2 is 1.51 bits per heavy atom. The largest absolute Gasteiger partial charge is 0.461 e. The molecule has 0 spiro atoms. The molecule has 1 unspecified atom stereocenters. The summed E-state index contributed by atoms with van der Waals surface area (Å²) in [7, 11) is 0. The Morgan fingerprint density at radius 1 is 0.943 bits per heavy atom. The zero-order valence-corrected chi connectivity index (χ0v) is 23.0. The van der Waals surface area contributed by atoms with Crippen molar-refractivity contribution in [1.82, 2.24) is 5.32 Å². The smallest absolute Gasteiger partial charge is 0.328 e. The van der Waals surface area contributed by atoms with E-state index in [1.54, 1.807) is 0 Å². The van der Waals surface area contributed by atoms with Gasteiger partial charge in [0.1, 0.15) is 18.2 Å². The second kappa shape index (κ2) is 19.6. The fourth-order valence-corrected chi connectivity index (χ4v) is 4.90. The first-order valence-corrected chi connectivity index (χ1v) is 14.5. The van der Waals surface area contributed by atoms with Crippen molar-refractivity contribution < 1.29 is 23.9 Å². The first-order chi connectivity index (χ1) is 16.9. The van der Waals surface area contributed by atoms with Crippen molar-refractivity contribution in [2.45, 2.75) is 155 Å². The van der Waals surface area contributed by atoms with Gasteiger partial charge in [0.2, 0.25) is 6.41 Å². The number of nitrogens with one attached hydrogen (secondary N) is 1. The van der Waals surface area contributed by atoms with Gasteiger partial charge in [-0.1, -0.05) is 105 Å². The Kier molecular flexibility index (Phi) is 17.6. The van der Waals surface area contributed by atoms with E-state index in [2.05, 4.69) is 19.2 Å². The predicted octanol–water partition coefficient (Wildman–Crippen LogP) is 6.88. The van der Waals surface area contributed by atoms with E-state index in [9.17, 15) is 14.4 Å². The maximum Gasteiger partial charge on any atom is 0.328 e. The molecule has 35 heavy (non-hydrogen) atoms. The van der Waals surface area contributed by atoms with Gasteiger partial charge in [0.05, 0.1) is 5.92 Å². The van der Waals surface area contributed by atoms with Crippen LogP contribution in [0.1, 0.15) is 137 Å². The van der Waals surface area contributed by atoms with E-state index >= 15 is 0 Å². The molecule has 1 saturated heterocycles. The molecule has 1 heterocycles. The molecule has 0 radical (unpaired) electrons. The Balaban J connectivity index is 2.58. The molecule has 1 N–H and O–H groups in total. The molecule has 1 amide bonds. The Bertz CT molecular complexity index is 579. The zero-order chi connectivity index (χ0) is 25.9. The van der Waals surface area contributed by atoms with E-state index in [-0.39, 0.29) is 36.0 Å². The van der Waals surface area contributed by atoms with Gasteiger partial charge in [-0.3, -0.25) is 9.59 Å². The SMILES string of the molecule is CCCCCCCCCCC[C@H](CC1OC(=O)[C@H]1CCCCCC)OC(=O)[C@@H](CC(C)C)NC=O. The molecule has 0 aromatic carbocycles. The lowest BCUT2D eigenvalue weighted by molar-refractivity contribution is -0.190. The van der Waals surface area contributed by atoms with Crippen LogP contribution in [0.5, 0.6) is 0 Å². The van der Waals surface area contributed by atoms with Gasteiger partial charge in [0.25, 0.3) is 0 Å². The van der Waals surface area contributed by atoms with Gasteiger partial charge in [-0.05, 0) is 31.6 Å². The fourth-order valence-electron chi connectivity index (χ4n) is 4.90. The third kappa shape index (κ3) is 13.9. The Labute approximate surface area is 214 Å². The molecule has 204 valence electrons. The molecule has 0 aromatic heterocycles. The van der Waals surface area contributed by atoms with Crippen LogP contribution in [0.4, 0.5) is 0 Å². The highest BCUT2D eigenvalue weighted by Gasteiger charge is 2.43. The molecule has 1 rings (SSSR count). The molecular weight excluding hydrogens is 442 g/mol. The molecular formula is C29H53NO5. The molecule has 1 aliphatic rings. The monoisotopic (exact) mass is 495 g/mol. The topological polar surface area (TPSA) is 81.7 Å². The lowest BCUT2D eigenvalue weighted by Gasteiger charge is -2.37. The van der Waals surface area contributed by atoms with Gasteiger partial charge in [-0.15, -0.1) is 0 Å². The van der Waals surface area contributed by atoms with Crippen molar-refractivity contribution in [3.63, 3.8) is 0 Å². The summed E-state index contributed by atoms with van der Waals surface area (Å²) in [6.45, 7) is 8.45. The summed E-state index contributed by atoms with van der Waals surface area (Å²) in [6, 6.07) is -0.632. The number of carbonyl (C=O) groups excluding carboxylic acids is 3. The second-order valence-corrected chi connectivity index (χ2v) is 10.8. The van der Waals surface area contributed by atoms with Gasteiger partial charge in [-0.25, -0.2) is 4.79 Å². The van der Waals surface area contributed by atoms with Crippen LogP contribution in [-0.4, -0.2) is 36.6 Å². The third-order valence-electron chi connectivity index (χ3n) is 7.06. The van der Waals surface area contributed by atoms with Crippen LogP contribution >= 0.6 is 0 Å². The fraction of sp³-hybridized carbons (Fsp3) is 0.897. The lowest BCUT2D eigenvalue weighted by Crippen LogP contribution is -2.48. The molecule has 4 atom stereocenters. The Morgan fingerprint density at radius 3 is 2.06 bits per heavy atom. The van der Waals surface area contributed by atoms with E-state index in [4.69, 9.17) is 9.47 Å². The number of cyclic esters (lactones) is 1. The lowest BCUT2D eigenvalue weighted by atomic mass is 9.86. The average Bonchev–Trinajstić information content (AvgIpc) is 2.81. The number of esters is 2. The van der Waals surface area contributed by atoms with E-state index < -0.39 is 6.04 Å². The quantitative estimate of drug-likeness (QED) is 0.0949. The first kappa shape index (κ1) is 31.4. The molecule has 1 fully saturated rings. The van der Waals surface area contributed by atoms with E-state index in [1.165, 1.54) is 57.8 Å². The van der Waals surface area contributed by atoms with Gasteiger partial charge in [0, 0.05) is 6.42 Å². The Hall–Kier alpha value is -1.59. The molecule has 0 bridgehead atoms. The van der Waals surface area contributed by atoms with Crippen LogP contribution in [0.2, 0.25) is 0 Å².